The third kappa shape index (κ3) is 6.35. The maximum Gasteiger partial charge on any atom is 0.317 e. The van der Waals surface area contributed by atoms with Crippen LogP contribution in [0.3, 0.4) is 0 Å². The summed E-state index contributed by atoms with van der Waals surface area (Å²) in [6.45, 7) is 8.13. The Morgan fingerprint density at radius 3 is 2.68 bits per heavy atom. The van der Waals surface area contributed by atoms with E-state index in [1.165, 1.54) is 0 Å². The number of amides is 2. The highest BCUT2D eigenvalue weighted by Gasteiger charge is 2.22. The molecule has 1 unspecified atom stereocenters. The molecule has 2 N–H and O–H groups in total. The molecule has 0 fully saturated rings. The Labute approximate surface area is 133 Å². The van der Waals surface area contributed by atoms with E-state index < -0.39 is 5.60 Å². The Morgan fingerprint density at radius 2 is 2.14 bits per heavy atom. The van der Waals surface area contributed by atoms with Gasteiger partial charge in [0.05, 0.1) is 19.3 Å². The fraction of sp³-hybridized carbons (Fsp3) is 0.588. The molecule has 22 heavy (non-hydrogen) atoms. The maximum absolute atomic E-state index is 12.3. The minimum atomic E-state index is -0.899. The lowest BCUT2D eigenvalue weighted by Gasteiger charge is -2.29. The smallest absolute Gasteiger partial charge is 0.317 e. The predicted molar refractivity (Wildman–Crippen MR) is 88.2 cm³/mol. The molecular formula is C17H28N2O3. The zero-order valence-electron chi connectivity index (χ0n) is 14.2. The monoisotopic (exact) mass is 308 g/mol. The van der Waals surface area contributed by atoms with Crippen LogP contribution in [0.1, 0.15) is 33.3 Å². The molecule has 5 nitrogen and oxygen atoms in total. The molecule has 0 aliphatic heterocycles. The first-order chi connectivity index (χ1) is 10.2. The molecule has 0 aromatic heterocycles. The van der Waals surface area contributed by atoms with Gasteiger partial charge in [0.2, 0.25) is 0 Å². The Kier molecular flexibility index (Phi) is 6.68. The van der Waals surface area contributed by atoms with Gasteiger partial charge in [0.1, 0.15) is 5.75 Å². The fourth-order valence-corrected chi connectivity index (χ4v) is 2.30. The largest absolute Gasteiger partial charge is 0.497 e. The average molecular weight is 308 g/mol. The van der Waals surface area contributed by atoms with E-state index in [-0.39, 0.29) is 12.1 Å². The van der Waals surface area contributed by atoms with Crippen LogP contribution in [0.2, 0.25) is 0 Å². The fourth-order valence-electron chi connectivity index (χ4n) is 2.30. The van der Waals surface area contributed by atoms with Crippen molar-refractivity contribution in [2.24, 2.45) is 0 Å². The molecule has 0 saturated heterocycles. The normalized spacial score (nSPS) is 12.6. The number of methoxy groups -OCH3 is 1. The second-order valence-corrected chi connectivity index (χ2v) is 6.23. The first kappa shape index (κ1) is 18.3. The summed E-state index contributed by atoms with van der Waals surface area (Å²) in [7, 11) is 1.64. The number of aliphatic hydroxyl groups is 1. The van der Waals surface area contributed by atoms with Crippen LogP contribution in [-0.2, 0) is 6.42 Å². The minimum absolute atomic E-state index is 0.00420. The SMILES string of the molecule is CCN(CC(C)(C)O)C(=O)NC(C)Cc1cccc(OC)c1. The highest BCUT2D eigenvalue weighted by Crippen LogP contribution is 2.14. The zero-order valence-corrected chi connectivity index (χ0v) is 14.2. The molecule has 0 aliphatic carbocycles. The van der Waals surface area contributed by atoms with Crippen molar-refractivity contribution in [1.82, 2.24) is 10.2 Å². The van der Waals surface area contributed by atoms with Gasteiger partial charge in [-0.25, -0.2) is 4.79 Å². The molecule has 0 bridgehead atoms. The van der Waals surface area contributed by atoms with Crippen LogP contribution in [0.25, 0.3) is 0 Å². The van der Waals surface area contributed by atoms with Crippen molar-refractivity contribution in [3.63, 3.8) is 0 Å². The van der Waals surface area contributed by atoms with E-state index in [1.54, 1.807) is 25.9 Å². The molecular weight excluding hydrogens is 280 g/mol. The van der Waals surface area contributed by atoms with Crippen LogP contribution in [-0.4, -0.2) is 47.9 Å². The molecule has 1 aromatic carbocycles. The number of urea groups is 1. The van der Waals surface area contributed by atoms with E-state index in [4.69, 9.17) is 4.74 Å². The van der Waals surface area contributed by atoms with Gasteiger partial charge in [-0.3, -0.25) is 0 Å². The summed E-state index contributed by atoms with van der Waals surface area (Å²) >= 11 is 0. The van der Waals surface area contributed by atoms with Gasteiger partial charge in [0.25, 0.3) is 0 Å². The number of carbonyl (C=O) groups is 1. The van der Waals surface area contributed by atoms with E-state index in [0.717, 1.165) is 17.7 Å². The van der Waals surface area contributed by atoms with Gasteiger partial charge in [0, 0.05) is 12.6 Å². The van der Waals surface area contributed by atoms with Crippen molar-refractivity contribution in [1.29, 1.82) is 0 Å². The number of nitrogens with zero attached hydrogens (tertiary/aromatic N) is 1. The first-order valence-electron chi connectivity index (χ1n) is 7.66. The summed E-state index contributed by atoms with van der Waals surface area (Å²) in [4.78, 5) is 13.9. The number of carbonyl (C=O) groups excluding carboxylic acids is 1. The molecule has 0 heterocycles. The second kappa shape index (κ2) is 8.03. The minimum Gasteiger partial charge on any atom is -0.497 e. The topological polar surface area (TPSA) is 61.8 Å². The predicted octanol–water partition coefficient (Wildman–Crippen LogP) is 2.43. The molecule has 0 saturated carbocycles. The molecule has 2 amide bonds. The van der Waals surface area contributed by atoms with Gasteiger partial charge in [-0.1, -0.05) is 12.1 Å². The van der Waals surface area contributed by atoms with Crippen molar-refractivity contribution in [3.8, 4) is 5.75 Å². The van der Waals surface area contributed by atoms with E-state index in [2.05, 4.69) is 5.32 Å². The summed E-state index contributed by atoms with van der Waals surface area (Å²) in [5.41, 5.74) is 0.210. The summed E-state index contributed by atoms with van der Waals surface area (Å²) in [6.07, 6.45) is 0.725. The molecule has 0 aliphatic rings. The first-order valence-corrected chi connectivity index (χ1v) is 7.66. The van der Waals surface area contributed by atoms with E-state index in [9.17, 15) is 9.90 Å². The summed E-state index contributed by atoms with van der Waals surface area (Å²) in [5.74, 6) is 0.813. The summed E-state index contributed by atoms with van der Waals surface area (Å²) < 4.78 is 5.20. The number of likely N-dealkylation sites (N-methyl/N-ethyl adjacent to an activating group) is 1. The molecule has 0 spiro atoms. The van der Waals surface area contributed by atoms with Crippen LogP contribution in [0.15, 0.2) is 24.3 Å². The van der Waals surface area contributed by atoms with Crippen molar-refractivity contribution in [3.05, 3.63) is 29.8 Å². The maximum atomic E-state index is 12.3. The summed E-state index contributed by atoms with van der Waals surface area (Å²) in [5, 5.41) is 12.8. The lowest BCUT2D eigenvalue weighted by molar-refractivity contribution is 0.0476. The van der Waals surface area contributed by atoms with Crippen molar-refractivity contribution in [2.75, 3.05) is 20.2 Å². The average Bonchev–Trinajstić information content (AvgIpc) is 2.43. The molecule has 124 valence electrons. The lowest BCUT2D eigenvalue weighted by Crippen LogP contribution is -2.49. The zero-order chi connectivity index (χ0) is 16.8. The van der Waals surface area contributed by atoms with Gasteiger partial charge in [0.15, 0.2) is 0 Å². The molecule has 5 heteroatoms. The quantitative estimate of drug-likeness (QED) is 0.813. The number of hydrogen-bond donors (Lipinski definition) is 2. The standard InChI is InChI=1S/C17H28N2O3/c1-6-19(12-17(3,4)21)16(20)18-13(2)10-14-8-7-9-15(11-14)22-5/h7-9,11,13,21H,6,10,12H2,1-5H3,(H,18,20). The van der Waals surface area contributed by atoms with Crippen LogP contribution in [0.5, 0.6) is 5.75 Å². The Balaban J connectivity index is 2.59. The highest BCUT2D eigenvalue weighted by atomic mass is 16.5. The third-order valence-electron chi connectivity index (χ3n) is 3.29. The highest BCUT2D eigenvalue weighted by molar-refractivity contribution is 5.74. The van der Waals surface area contributed by atoms with Crippen LogP contribution >= 0.6 is 0 Å². The molecule has 1 aromatic rings. The van der Waals surface area contributed by atoms with Crippen LogP contribution in [0.4, 0.5) is 4.79 Å². The van der Waals surface area contributed by atoms with Crippen LogP contribution < -0.4 is 10.1 Å². The molecule has 0 radical (unpaired) electrons. The van der Waals surface area contributed by atoms with Gasteiger partial charge in [-0.15, -0.1) is 0 Å². The van der Waals surface area contributed by atoms with E-state index in [0.29, 0.717) is 13.1 Å². The van der Waals surface area contributed by atoms with Gasteiger partial charge in [-0.2, -0.15) is 0 Å². The summed E-state index contributed by atoms with van der Waals surface area (Å²) in [6, 6.07) is 7.66. The Morgan fingerprint density at radius 1 is 1.45 bits per heavy atom. The number of rotatable bonds is 7. The number of hydrogen-bond acceptors (Lipinski definition) is 3. The second-order valence-electron chi connectivity index (χ2n) is 6.23. The van der Waals surface area contributed by atoms with Crippen LogP contribution in [0, 0.1) is 0 Å². The molecule has 1 rings (SSSR count). The lowest BCUT2D eigenvalue weighted by atomic mass is 10.1. The van der Waals surface area contributed by atoms with Crippen molar-refractivity contribution in [2.45, 2.75) is 45.8 Å². The number of ether oxygens (including phenoxy) is 1. The van der Waals surface area contributed by atoms with Gasteiger partial charge >= 0.3 is 6.03 Å². The van der Waals surface area contributed by atoms with Gasteiger partial charge in [-0.05, 0) is 51.8 Å². The molecule has 1 atom stereocenters. The van der Waals surface area contributed by atoms with E-state index >= 15 is 0 Å². The van der Waals surface area contributed by atoms with E-state index in [1.807, 2.05) is 38.1 Å². The number of nitrogens with one attached hydrogen (secondary N) is 1. The van der Waals surface area contributed by atoms with Crippen molar-refractivity contribution < 1.29 is 14.6 Å². The third-order valence-corrected chi connectivity index (χ3v) is 3.29. The van der Waals surface area contributed by atoms with Gasteiger partial charge < -0.3 is 20.1 Å². The number of benzene rings is 1. The Hall–Kier alpha value is -1.75. The van der Waals surface area contributed by atoms with Crippen molar-refractivity contribution >= 4 is 6.03 Å². The Bertz CT molecular complexity index is 483.